The second-order valence-electron chi connectivity index (χ2n) is 2.64. The van der Waals surface area contributed by atoms with Gasteiger partial charge in [-0.05, 0) is 12.8 Å². The zero-order valence-corrected chi connectivity index (χ0v) is 5.20. The van der Waals surface area contributed by atoms with Crippen molar-refractivity contribution in [2.24, 2.45) is 5.92 Å². The highest BCUT2D eigenvalue weighted by Gasteiger charge is 2.30. The van der Waals surface area contributed by atoms with Gasteiger partial charge in [0, 0.05) is 12.5 Å². The summed E-state index contributed by atoms with van der Waals surface area (Å²) in [6.07, 6.45) is 0.0604. The Hall–Kier alpha value is -0.120. The summed E-state index contributed by atoms with van der Waals surface area (Å²) >= 11 is 0. The molecule has 0 unspecified atom stereocenters. The Labute approximate surface area is 53.9 Å². The Balaban J connectivity index is 2.38. The Morgan fingerprint density at radius 3 is 2.11 bits per heavy atom. The monoisotopic (exact) mass is 132 g/mol. The van der Waals surface area contributed by atoms with Gasteiger partial charge in [-0.1, -0.05) is 0 Å². The van der Waals surface area contributed by atoms with E-state index in [1.54, 1.807) is 0 Å². The van der Waals surface area contributed by atoms with Crippen LogP contribution < -0.4 is 0 Å². The molecule has 3 heteroatoms. The molecule has 0 radical (unpaired) electrons. The van der Waals surface area contributed by atoms with Crippen LogP contribution >= 0.6 is 0 Å². The van der Waals surface area contributed by atoms with Gasteiger partial charge in [-0.3, -0.25) is 0 Å². The molecule has 0 aromatic carbocycles. The average molecular weight is 132 g/mol. The molecule has 0 saturated heterocycles. The van der Waals surface area contributed by atoms with E-state index in [1.165, 1.54) is 0 Å². The summed E-state index contributed by atoms with van der Waals surface area (Å²) in [6.45, 7) is -0.0156. The third-order valence-electron chi connectivity index (χ3n) is 1.87. The van der Waals surface area contributed by atoms with Gasteiger partial charge in [-0.25, -0.2) is 0 Å². The van der Waals surface area contributed by atoms with Crippen molar-refractivity contribution < 1.29 is 15.3 Å². The van der Waals surface area contributed by atoms with Gasteiger partial charge in [0.1, 0.15) is 0 Å². The molecule has 0 aliphatic heterocycles. The Bertz CT molecular complexity index is 94.3. The average Bonchev–Trinajstić information content (AvgIpc) is 2.10. The summed E-state index contributed by atoms with van der Waals surface area (Å²) < 4.78 is 0. The van der Waals surface area contributed by atoms with Crippen molar-refractivity contribution in [2.75, 3.05) is 6.61 Å². The van der Waals surface area contributed by atoms with Gasteiger partial charge in [-0.15, -0.1) is 0 Å². The van der Waals surface area contributed by atoms with Crippen LogP contribution in [0.15, 0.2) is 0 Å². The van der Waals surface area contributed by atoms with Crippen molar-refractivity contribution in [1.29, 1.82) is 0 Å². The maximum absolute atomic E-state index is 9.04. The smallest absolute Gasteiger partial charge is 0.0615 e. The minimum Gasteiger partial charge on any atom is -0.396 e. The summed E-state index contributed by atoms with van der Waals surface area (Å²) in [5, 5.41) is 26.6. The normalized spacial score (nSPS) is 43.7. The maximum atomic E-state index is 9.04. The van der Waals surface area contributed by atoms with E-state index in [0.29, 0.717) is 12.8 Å². The Kier molecular flexibility index (Phi) is 2.05. The second kappa shape index (κ2) is 2.64. The van der Waals surface area contributed by atoms with E-state index in [-0.39, 0.29) is 12.5 Å². The number of aliphatic hydroxyl groups excluding tert-OH is 3. The standard InChI is InChI=1S/C6H12O3/c7-3-4-1-5(8)2-6(4)9/h4-9H,1-3H2/t4-,5+,6+/m0/s1. The zero-order chi connectivity index (χ0) is 6.85. The van der Waals surface area contributed by atoms with E-state index in [4.69, 9.17) is 15.3 Å². The van der Waals surface area contributed by atoms with Gasteiger partial charge in [0.2, 0.25) is 0 Å². The number of hydrogen-bond acceptors (Lipinski definition) is 3. The number of hydrogen-bond donors (Lipinski definition) is 3. The van der Waals surface area contributed by atoms with Crippen LogP contribution in [0.2, 0.25) is 0 Å². The molecule has 0 spiro atoms. The lowest BCUT2D eigenvalue weighted by Crippen LogP contribution is -2.16. The fourth-order valence-corrected chi connectivity index (χ4v) is 1.27. The molecule has 0 amide bonds. The lowest BCUT2D eigenvalue weighted by Gasteiger charge is -2.07. The second-order valence-corrected chi connectivity index (χ2v) is 2.64. The molecular weight excluding hydrogens is 120 g/mol. The van der Waals surface area contributed by atoms with E-state index < -0.39 is 12.2 Å². The molecule has 9 heavy (non-hydrogen) atoms. The van der Waals surface area contributed by atoms with Crippen LogP contribution in [0.3, 0.4) is 0 Å². The van der Waals surface area contributed by atoms with Crippen LogP contribution in [0.1, 0.15) is 12.8 Å². The van der Waals surface area contributed by atoms with Gasteiger partial charge < -0.3 is 15.3 Å². The quantitative estimate of drug-likeness (QED) is 0.434. The van der Waals surface area contributed by atoms with Crippen LogP contribution in [0.5, 0.6) is 0 Å². The predicted octanol–water partition coefficient (Wildman–Crippen LogP) is -0.890. The lowest BCUT2D eigenvalue weighted by atomic mass is 10.1. The van der Waals surface area contributed by atoms with Gasteiger partial charge in [-0.2, -0.15) is 0 Å². The lowest BCUT2D eigenvalue weighted by molar-refractivity contribution is 0.0893. The molecule has 0 heterocycles. The molecule has 1 aliphatic carbocycles. The fourth-order valence-electron chi connectivity index (χ4n) is 1.27. The van der Waals surface area contributed by atoms with Gasteiger partial charge in [0.15, 0.2) is 0 Å². The molecule has 0 aromatic heterocycles. The van der Waals surface area contributed by atoms with Crippen molar-refractivity contribution in [3.05, 3.63) is 0 Å². The topological polar surface area (TPSA) is 60.7 Å². The summed E-state index contributed by atoms with van der Waals surface area (Å²) in [7, 11) is 0. The molecule has 3 N–H and O–H groups in total. The fraction of sp³-hybridized carbons (Fsp3) is 1.00. The third kappa shape index (κ3) is 1.41. The first-order valence-corrected chi connectivity index (χ1v) is 3.21. The Morgan fingerprint density at radius 1 is 1.22 bits per heavy atom. The first-order chi connectivity index (χ1) is 4.24. The van der Waals surface area contributed by atoms with Crippen molar-refractivity contribution in [2.45, 2.75) is 25.0 Å². The molecule has 1 aliphatic rings. The molecular formula is C6H12O3. The Morgan fingerprint density at radius 2 is 1.89 bits per heavy atom. The zero-order valence-electron chi connectivity index (χ0n) is 5.20. The number of rotatable bonds is 1. The minimum atomic E-state index is -0.495. The first-order valence-electron chi connectivity index (χ1n) is 3.21. The van der Waals surface area contributed by atoms with Crippen LogP contribution in [0.25, 0.3) is 0 Å². The van der Waals surface area contributed by atoms with Gasteiger partial charge in [0.05, 0.1) is 12.2 Å². The van der Waals surface area contributed by atoms with E-state index in [9.17, 15) is 0 Å². The molecule has 54 valence electrons. The highest BCUT2D eigenvalue weighted by Crippen LogP contribution is 2.24. The SMILES string of the molecule is OC[C@@H]1C[C@@H](O)C[C@H]1O. The summed E-state index contributed by atoms with van der Waals surface area (Å²) in [5.41, 5.74) is 0. The van der Waals surface area contributed by atoms with E-state index in [1.807, 2.05) is 0 Å². The molecule has 3 nitrogen and oxygen atoms in total. The molecule has 1 rings (SSSR count). The van der Waals surface area contributed by atoms with Crippen molar-refractivity contribution in [1.82, 2.24) is 0 Å². The highest BCUT2D eigenvalue weighted by molar-refractivity contribution is 4.81. The molecule has 0 aromatic rings. The summed E-state index contributed by atoms with van der Waals surface area (Å²) in [4.78, 5) is 0. The van der Waals surface area contributed by atoms with Gasteiger partial charge >= 0.3 is 0 Å². The predicted molar refractivity (Wildman–Crippen MR) is 31.8 cm³/mol. The van der Waals surface area contributed by atoms with Gasteiger partial charge in [0.25, 0.3) is 0 Å². The van der Waals surface area contributed by atoms with E-state index in [0.717, 1.165) is 0 Å². The van der Waals surface area contributed by atoms with Crippen LogP contribution in [0, 0.1) is 5.92 Å². The van der Waals surface area contributed by atoms with Crippen molar-refractivity contribution >= 4 is 0 Å². The molecule has 0 bridgehead atoms. The van der Waals surface area contributed by atoms with Crippen LogP contribution in [-0.4, -0.2) is 34.1 Å². The highest BCUT2D eigenvalue weighted by atomic mass is 16.3. The van der Waals surface area contributed by atoms with Crippen molar-refractivity contribution in [3.8, 4) is 0 Å². The maximum Gasteiger partial charge on any atom is 0.0615 e. The number of aliphatic hydroxyl groups is 3. The minimum absolute atomic E-state index is 0.0156. The summed E-state index contributed by atoms with van der Waals surface area (Å²) in [5.74, 6) is -0.0972. The molecule has 1 saturated carbocycles. The molecule has 3 atom stereocenters. The van der Waals surface area contributed by atoms with Crippen LogP contribution in [0.4, 0.5) is 0 Å². The van der Waals surface area contributed by atoms with Crippen LogP contribution in [-0.2, 0) is 0 Å². The third-order valence-corrected chi connectivity index (χ3v) is 1.87. The van der Waals surface area contributed by atoms with E-state index in [2.05, 4.69) is 0 Å². The largest absolute Gasteiger partial charge is 0.396 e. The summed E-state index contributed by atoms with van der Waals surface area (Å²) in [6, 6.07) is 0. The van der Waals surface area contributed by atoms with E-state index >= 15 is 0 Å². The first kappa shape index (κ1) is 6.99. The van der Waals surface area contributed by atoms with Crippen molar-refractivity contribution in [3.63, 3.8) is 0 Å². The molecule has 1 fully saturated rings.